The van der Waals surface area contributed by atoms with E-state index in [-0.39, 0.29) is 18.3 Å². The molecule has 0 amide bonds. The van der Waals surface area contributed by atoms with E-state index in [1.807, 2.05) is 0 Å². The summed E-state index contributed by atoms with van der Waals surface area (Å²) in [5.41, 5.74) is 0.714. The van der Waals surface area contributed by atoms with E-state index >= 15 is 0 Å². The van der Waals surface area contributed by atoms with Gasteiger partial charge in [-0.15, -0.1) is 6.58 Å². The summed E-state index contributed by atoms with van der Waals surface area (Å²) in [7, 11) is 1.45. The van der Waals surface area contributed by atoms with Gasteiger partial charge in [-0.25, -0.2) is 0 Å². The Balaban J connectivity index is 1.97. The maximum absolute atomic E-state index is 10.2. The Labute approximate surface area is 149 Å². The Morgan fingerprint density at radius 2 is 1.96 bits per heavy atom. The number of rotatable bonds is 6. The highest BCUT2D eigenvalue weighted by Gasteiger charge is 2.45. The maximum Gasteiger partial charge on any atom is 0.231 e. The van der Waals surface area contributed by atoms with Crippen LogP contribution in [0.1, 0.15) is 5.56 Å². The van der Waals surface area contributed by atoms with Crippen LogP contribution in [0.4, 0.5) is 0 Å². The number of ether oxygens (including phenoxy) is 5. The minimum atomic E-state index is -1.56. The third-order valence-corrected chi connectivity index (χ3v) is 4.30. The van der Waals surface area contributed by atoms with Gasteiger partial charge in [0.25, 0.3) is 0 Å². The van der Waals surface area contributed by atoms with Crippen LogP contribution in [0.2, 0.25) is 0 Å². The molecule has 144 valence electrons. The molecular formula is C17H22O9. The number of allylic oxidation sites excluding steroid dienone is 1. The maximum atomic E-state index is 10.2. The van der Waals surface area contributed by atoms with Crippen molar-refractivity contribution in [2.24, 2.45) is 0 Å². The first kappa shape index (κ1) is 18.7. The van der Waals surface area contributed by atoms with E-state index in [2.05, 4.69) is 6.58 Å². The number of hydrogen-bond donors (Lipinski definition) is 4. The fourth-order valence-corrected chi connectivity index (χ4v) is 2.96. The summed E-state index contributed by atoms with van der Waals surface area (Å²) < 4.78 is 27.4. The number of methoxy groups -OCH3 is 1. The van der Waals surface area contributed by atoms with Gasteiger partial charge in [-0.2, -0.15) is 0 Å². The lowest BCUT2D eigenvalue weighted by Gasteiger charge is -2.39. The molecule has 1 aromatic rings. The molecule has 0 saturated carbocycles. The summed E-state index contributed by atoms with van der Waals surface area (Å²) in [6.07, 6.45) is -4.91. The summed E-state index contributed by atoms with van der Waals surface area (Å²) >= 11 is 0. The molecule has 5 atom stereocenters. The smallest absolute Gasteiger partial charge is 0.231 e. The zero-order chi connectivity index (χ0) is 18.8. The third-order valence-electron chi connectivity index (χ3n) is 4.30. The summed E-state index contributed by atoms with van der Waals surface area (Å²) in [6.45, 7) is 3.13. The van der Waals surface area contributed by atoms with Gasteiger partial charge in [-0.1, -0.05) is 6.08 Å². The summed E-state index contributed by atoms with van der Waals surface area (Å²) in [5.74, 6) is 1.17. The van der Waals surface area contributed by atoms with Crippen molar-refractivity contribution >= 4 is 0 Å². The van der Waals surface area contributed by atoms with Crippen molar-refractivity contribution in [2.75, 3.05) is 20.5 Å². The van der Waals surface area contributed by atoms with Crippen LogP contribution in [0.15, 0.2) is 18.7 Å². The van der Waals surface area contributed by atoms with Gasteiger partial charge in [-0.05, 0) is 12.5 Å². The van der Waals surface area contributed by atoms with E-state index in [0.29, 0.717) is 23.5 Å². The topological polar surface area (TPSA) is 127 Å². The second kappa shape index (κ2) is 7.68. The highest BCUT2D eigenvalue weighted by molar-refractivity contribution is 5.64. The molecule has 1 aromatic carbocycles. The van der Waals surface area contributed by atoms with E-state index < -0.39 is 37.3 Å². The lowest BCUT2D eigenvalue weighted by molar-refractivity contribution is -0.277. The third kappa shape index (κ3) is 3.19. The average molecular weight is 370 g/mol. The number of benzene rings is 1. The van der Waals surface area contributed by atoms with Crippen molar-refractivity contribution in [1.29, 1.82) is 0 Å². The largest absolute Gasteiger partial charge is 0.492 e. The van der Waals surface area contributed by atoms with Crippen LogP contribution in [-0.4, -0.2) is 71.6 Å². The van der Waals surface area contributed by atoms with E-state index in [0.717, 1.165) is 0 Å². The predicted octanol–water partition coefficient (Wildman–Crippen LogP) is -0.669. The molecule has 9 nitrogen and oxygen atoms in total. The highest BCUT2D eigenvalue weighted by Crippen LogP contribution is 2.50. The molecule has 0 aromatic heterocycles. The monoisotopic (exact) mass is 370 g/mol. The number of hydrogen-bond acceptors (Lipinski definition) is 9. The number of aliphatic hydroxyl groups excluding tert-OH is 4. The van der Waals surface area contributed by atoms with Crippen LogP contribution in [-0.2, 0) is 11.2 Å². The van der Waals surface area contributed by atoms with E-state index in [9.17, 15) is 20.4 Å². The van der Waals surface area contributed by atoms with Gasteiger partial charge in [0.1, 0.15) is 24.4 Å². The van der Waals surface area contributed by atoms with E-state index in [1.54, 1.807) is 12.1 Å². The first-order chi connectivity index (χ1) is 12.5. The van der Waals surface area contributed by atoms with Crippen molar-refractivity contribution in [1.82, 2.24) is 0 Å². The summed E-state index contributed by atoms with van der Waals surface area (Å²) in [5, 5.41) is 39.3. The van der Waals surface area contributed by atoms with Crippen molar-refractivity contribution in [3.8, 4) is 23.0 Å². The molecule has 5 unspecified atom stereocenters. The second-order valence-electron chi connectivity index (χ2n) is 5.94. The molecule has 1 fully saturated rings. The van der Waals surface area contributed by atoms with Crippen LogP contribution >= 0.6 is 0 Å². The molecule has 2 heterocycles. The van der Waals surface area contributed by atoms with Crippen molar-refractivity contribution in [2.45, 2.75) is 37.1 Å². The number of aliphatic hydroxyl groups is 4. The van der Waals surface area contributed by atoms with Crippen LogP contribution in [0.25, 0.3) is 0 Å². The second-order valence-corrected chi connectivity index (χ2v) is 5.94. The zero-order valence-electron chi connectivity index (χ0n) is 14.2. The lowest BCUT2D eigenvalue weighted by atomic mass is 9.99. The van der Waals surface area contributed by atoms with Crippen molar-refractivity contribution in [3.63, 3.8) is 0 Å². The summed E-state index contributed by atoms with van der Waals surface area (Å²) in [4.78, 5) is 0. The average Bonchev–Trinajstić information content (AvgIpc) is 3.10. The van der Waals surface area contributed by atoms with Crippen LogP contribution in [0.5, 0.6) is 23.0 Å². The molecule has 26 heavy (non-hydrogen) atoms. The molecular weight excluding hydrogens is 348 g/mol. The SMILES string of the molecule is C=CCc1cc2c(c(OC3OC(CO)C(O)C(O)C3O)c1OC)OCO2. The Kier molecular flexibility index (Phi) is 5.54. The molecule has 9 heteroatoms. The van der Waals surface area contributed by atoms with Crippen LogP contribution in [0, 0.1) is 0 Å². The molecule has 0 spiro atoms. The Morgan fingerprint density at radius 3 is 2.62 bits per heavy atom. The molecule has 2 aliphatic heterocycles. The standard InChI is InChI=1S/C17H22O9/c1-3-4-8-5-9-15(24-7-23-9)16(14(8)22-2)26-17-13(21)12(20)11(19)10(6-18)25-17/h3,5,10-13,17-21H,1,4,6-7H2,2H3. The van der Waals surface area contributed by atoms with Crippen molar-refractivity contribution < 1.29 is 44.1 Å². The molecule has 0 bridgehead atoms. The minimum Gasteiger partial charge on any atom is -0.492 e. The lowest BCUT2D eigenvalue weighted by Crippen LogP contribution is -2.60. The molecule has 2 aliphatic rings. The fraction of sp³-hybridized carbons (Fsp3) is 0.529. The highest BCUT2D eigenvalue weighted by atomic mass is 16.7. The summed E-state index contributed by atoms with van der Waals surface area (Å²) in [6, 6.07) is 1.74. The molecule has 1 saturated heterocycles. The molecule has 4 N–H and O–H groups in total. The first-order valence-electron chi connectivity index (χ1n) is 8.09. The zero-order valence-corrected chi connectivity index (χ0v) is 14.2. The Hall–Kier alpha value is -2.04. The predicted molar refractivity (Wildman–Crippen MR) is 87.4 cm³/mol. The molecule has 0 radical (unpaired) electrons. The van der Waals surface area contributed by atoms with Gasteiger partial charge < -0.3 is 44.1 Å². The van der Waals surface area contributed by atoms with Gasteiger partial charge in [-0.3, -0.25) is 0 Å². The van der Waals surface area contributed by atoms with E-state index in [4.69, 9.17) is 23.7 Å². The fourth-order valence-electron chi connectivity index (χ4n) is 2.96. The normalized spacial score (nSPS) is 30.1. The van der Waals surface area contributed by atoms with Crippen molar-refractivity contribution in [3.05, 3.63) is 24.3 Å². The van der Waals surface area contributed by atoms with Crippen LogP contribution in [0.3, 0.4) is 0 Å². The quantitative estimate of drug-likeness (QED) is 0.482. The number of fused-ring (bicyclic) bond motifs is 1. The first-order valence-corrected chi connectivity index (χ1v) is 8.09. The molecule has 3 rings (SSSR count). The van der Waals surface area contributed by atoms with Gasteiger partial charge in [0.15, 0.2) is 11.5 Å². The Bertz CT molecular complexity index is 660. The Morgan fingerprint density at radius 1 is 1.19 bits per heavy atom. The van der Waals surface area contributed by atoms with Gasteiger partial charge >= 0.3 is 0 Å². The van der Waals surface area contributed by atoms with Gasteiger partial charge in [0, 0.05) is 5.56 Å². The molecule has 0 aliphatic carbocycles. The minimum absolute atomic E-state index is 0.0128. The van der Waals surface area contributed by atoms with Gasteiger partial charge in [0.2, 0.25) is 24.6 Å². The van der Waals surface area contributed by atoms with Crippen LogP contribution < -0.4 is 18.9 Å². The van der Waals surface area contributed by atoms with Gasteiger partial charge in [0.05, 0.1) is 13.7 Å². The van der Waals surface area contributed by atoms with E-state index in [1.165, 1.54) is 7.11 Å².